The predicted molar refractivity (Wildman–Crippen MR) is 89.3 cm³/mol. The minimum atomic E-state index is 0.0445. The lowest BCUT2D eigenvalue weighted by Gasteiger charge is -2.19. The summed E-state index contributed by atoms with van der Waals surface area (Å²) in [5, 5.41) is 11.8. The molecule has 0 saturated carbocycles. The van der Waals surface area contributed by atoms with Gasteiger partial charge in [-0.2, -0.15) is 10.1 Å². The van der Waals surface area contributed by atoms with Crippen molar-refractivity contribution in [3.8, 4) is 0 Å². The van der Waals surface area contributed by atoms with Gasteiger partial charge in [0.25, 0.3) is 0 Å². The third-order valence-electron chi connectivity index (χ3n) is 4.56. The first kappa shape index (κ1) is 17.1. The molecule has 0 spiro atoms. The minimum Gasteiger partial charge on any atom is -0.373 e. The number of nitrogens with one attached hydrogen (secondary N) is 1. The van der Waals surface area contributed by atoms with Crippen LogP contribution in [0.5, 0.6) is 0 Å². The average Bonchev–Trinajstić information content (AvgIpc) is 3.30. The van der Waals surface area contributed by atoms with Crippen LogP contribution >= 0.6 is 0 Å². The van der Waals surface area contributed by atoms with Crippen LogP contribution in [-0.4, -0.2) is 33.1 Å². The fraction of sp³-hybridized carbons (Fsp3) is 0.706. The first-order valence-electron chi connectivity index (χ1n) is 8.83. The molecule has 0 bridgehead atoms. The zero-order valence-corrected chi connectivity index (χ0v) is 14.7. The van der Waals surface area contributed by atoms with E-state index in [1.54, 1.807) is 0 Å². The van der Waals surface area contributed by atoms with E-state index >= 15 is 0 Å². The summed E-state index contributed by atoms with van der Waals surface area (Å²) >= 11 is 0. The number of aromatic nitrogens is 4. The number of hydrogen-bond acceptors (Lipinski definition) is 6. The predicted octanol–water partition coefficient (Wildman–Crippen LogP) is 2.57. The van der Waals surface area contributed by atoms with Crippen LogP contribution in [0.1, 0.15) is 62.5 Å². The van der Waals surface area contributed by atoms with E-state index in [2.05, 4.69) is 34.4 Å². The molecule has 7 heteroatoms. The van der Waals surface area contributed by atoms with Gasteiger partial charge in [0.1, 0.15) is 0 Å². The van der Waals surface area contributed by atoms with E-state index in [1.807, 2.05) is 24.1 Å². The highest BCUT2D eigenvalue weighted by Crippen LogP contribution is 2.34. The topological polar surface area (TPSA) is 78.0 Å². The van der Waals surface area contributed by atoms with E-state index in [1.165, 1.54) is 0 Å². The Kier molecular flexibility index (Phi) is 5.63. The molecular formula is C17H27N5O2. The summed E-state index contributed by atoms with van der Waals surface area (Å²) in [4.78, 5) is 4.49. The van der Waals surface area contributed by atoms with Crippen LogP contribution in [-0.2, 0) is 18.2 Å². The molecule has 3 heterocycles. The summed E-state index contributed by atoms with van der Waals surface area (Å²) in [5.74, 6) is 1.90. The van der Waals surface area contributed by atoms with Crippen LogP contribution in [0.25, 0.3) is 0 Å². The molecule has 0 aromatic carbocycles. The van der Waals surface area contributed by atoms with Gasteiger partial charge in [0, 0.05) is 44.3 Å². The standard InChI is InChI=1S/C17H27N5O2/c1-4-5-6-15-20-17(24-21-15)12(2)18-9-13-7-8-23-16(13)14-10-19-22(3)11-14/h10-13,16,18H,4-9H2,1-3H3. The fourth-order valence-corrected chi connectivity index (χ4v) is 3.09. The molecule has 1 aliphatic rings. The van der Waals surface area contributed by atoms with E-state index in [9.17, 15) is 0 Å². The van der Waals surface area contributed by atoms with Crippen molar-refractivity contribution in [2.24, 2.45) is 13.0 Å². The first-order valence-corrected chi connectivity index (χ1v) is 8.83. The molecule has 1 aliphatic heterocycles. The lowest BCUT2D eigenvalue weighted by molar-refractivity contribution is 0.0895. The Morgan fingerprint density at radius 1 is 1.46 bits per heavy atom. The lowest BCUT2D eigenvalue weighted by atomic mass is 9.97. The van der Waals surface area contributed by atoms with Gasteiger partial charge in [-0.3, -0.25) is 4.68 Å². The van der Waals surface area contributed by atoms with Gasteiger partial charge in [-0.25, -0.2) is 0 Å². The monoisotopic (exact) mass is 333 g/mol. The second-order valence-corrected chi connectivity index (χ2v) is 6.57. The average molecular weight is 333 g/mol. The van der Waals surface area contributed by atoms with E-state index in [0.29, 0.717) is 11.8 Å². The highest BCUT2D eigenvalue weighted by molar-refractivity contribution is 5.11. The van der Waals surface area contributed by atoms with Gasteiger partial charge in [0.05, 0.1) is 18.3 Å². The summed E-state index contributed by atoms with van der Waals surface area (Å²) < 4.78 is 13.1. The lowest BCUT2D eigenvalue weighted by Crippen LogP contribution is -2.27. The Bertz CT molecular complexity index is 638. The normalized spacial score (nSPS) is 22.1. The summed E-state index contributed by atoms with van der Waals surface area (Å²) in [6.07, 6.45) is 8.19. The van der Waals surface area contributed by atoms with Crippen molar-refractivity contribution in [3.05, 3.63) is 29.7 Å². The Morgan fingerprint density at radius 2 is 2.33 bits per heavy atom. The molecule has 0 amide bonds. The third kappa shape index (κ3) is 4.02. The summed E-state index contributed by atoms with van der Waals surface area (Å²) in [6.45, 7) is 5.87. The molecule has 1 N–H and O–H groups in total. The maximum absolute atomic E-state index is 5.91. The van der Waals surface area contributed by atoms with E-state index in [-0.39, 0.29) is 12.1 Å². The molecule has 0 aliphatic carbocycles. The number of ether oxygens (including phenoxy) is 1. The van der Waals surface area contributed by atoms with Crippen LogP contribution in [0.15, 0.2) is 16.9 Å². The van der Waals surface area contributed by atoms with Gasteiger partial charge in [0.2, 0.25) is 5.89 Å². The quantitative estimate of drug-likeness (QED) is 0.800. The van der Waals surface area contributed by atoms with Gasteiger partial charge >= 0.3 is 0 Å². The first-order chi connectivity index (χ1) is 11.7. The number of unbranched alkanes of at least 4 members (excludes halogenated alkanes) is 1. The summed E-state index contributed by atoms with van der Waals surface area (Å²) in [7, 11) is 1.93. The maximum atomic E-state index is 5.91. The van der Waals surface area contributed by atoms with E-state index in [0.717, 1.165) is 50.2 Å². The van der Waals surface area contributed by atoms with Crippen molar-refractivity contribution in [3.63, 3.8) is 0 Å². The highest BCUT2D eigenvalue weighted by atomic mass is 16.5. The molecule has 24 heavy (non-hydrogen) atoms. The maximum Gasteiger partial charge on any atom is 0.243 e. The van der Waals surface area contributed by atoms with Gasteiger partial charge in [-0.1, -0.05) is 18.5 Å². The largest absolute Gasteiger partial charge is 0.373 e. The van der Waals surface area contributed by atoms with Crippen LogP contribution in [0.2, 0.25) is 0 Å². The van der Waals surface area contributed by atoms with Gasteiger partial charge in [0.15, 0.2) is 5.82 Å². The molecular weight excluding hydrogens is 306 g/mol. The molecule has 3 unspecified atom stereocenters. The van der Waals surface area contributed by atoms with Crippen LogP contribution in [0.4, 0.5) is 0 Å². The number of hydrogen-bond donors (Lipinski definition) is 1. The molecule has 7 nitrogen and oxygen atoms in total. The Morgan fingerprint density at radius 3 is 3.08 bits per heavy atom. The summed E-state index contributed by atoms with van der Waals surface area (Å²) in [5.41, 5.74) is 1.15. The SMILES string of the molecule is CCCCc1noc(C(C)NCC2CCOC2c2cnn(C)c2)n1. The van der Waals surface area contributed by atoms with E-state index < -0.39 is 0 Å². The minimum absolute atomic E-state index is 0.0445. The molecule has 0 radical (unpaired) electrons. The van der Waals surface area contributed by atoms with Crippen molar-refractivity contribution < 1.29 is 9.26 Å². The van der Waals surface area contributed by atoms with Crippen molar-refractivity contribution in [2.75, 3.05) is 13.2 Å². The Hall–Kier alpha value is -1.73. The van der Waals surface area contributed by atoms with Crippen molar-refractivity contribution >= 4 is 0 Å². The molecule has 1 fully saturated rings. The van der Waals surface area contributed by atoms with Crippen molar-refractivity contribution in [2.45, 2.75) is 51.7 Å². The van der Waals surface area contributed by atoms with E-state index in [4.69, 9.17) is 9.26 Å². The zero-order valence-electron chi connectivity index (χ0n) is 14.7. The van der Waals surface area contributed by atoms with Crippen LogP contribution in [0.3, 0.4) is 0 Å². The van der Waals surface area contributed by atoms with Gasteiger partial charge in [-0.15, -0.1) is 0 Å². The van der Waals surface area contributed by atoms with Crippen molar-refractivity contribution in [1.29, 1.82) is 0 Å². The van der Waals surface area contributed by atoms with Crippen LogP contribution in [0, 0.1) is 5.92 Å². The molecule has 2 aromatic rings. The van der Waals surface area contributed by atoms with Gasteiger partial charge in [-0.05, 0) is 19.8 Å². The van der Waals surface area contributed by atoms with Gasteiger partial charge < -0.3 is 14.6 Å². The fourth-order valence-electron chi connectivity index (χ4n) is 3.09. The molecule has 2 aromatic heterocycles. The molecule has 1 saturated heterocycles. The highest BCUT2D eigenvalue weighted by Gasteiger charge is 2.31. The number of aryl methyl sites for hydroxylation is 2. The molecule has 132 valence electrons. The zero-order chi connectivity index (χ0) is 16.9. The van der Waals surface area contributed by atoms with Crippen molar-refractivity contribution in [1.82, 2.24) is 25.2 Å². The Labute approximate surface area is 142 Å². The second-order valence-electron chi connectivity index (χ2n) is 6.57. The summed E-state index contributed by atoms with van der Waals surface area (Å²) in [6, 6.07) is 0.0445. The Balaban J connectivity index is 1.53. The number of rotatable bonds is 8. The third-order valence-corrected chi connectivity index (χ3v) is 4.56. The molecule has 3 atom stereocenters. The van der Waals surface area contributed by atoms with Crippen LogP contribution < -0.4 is 5.32 Å². The second kappa shape index (κ2) is 7.90. The smallest absolute Gasteiger partial charge is 0.243 e. The number of nitrogens with zero attached hydrogens (tertiary/aromatic N) is 4. The molecule has 3 rings (SSSR count).